The van der Waals surface area contributed by atoms with E-state index in [9.17, 15) is 13.6 Å². The molecule has 2 nitrogen and oxygen atoms in total. The second-order valence-electron chi connectivity index (χ2n) is 10.9. The number of esters is 1. The van der Waals surface area contributed by atoms with Gasteiger partial charge in [0, 0.05) is 0 Å². The van der Waals surface area contributed by atoms with Crippen LogP contribution in [0.15, 0.2) is 54.6 Å². The second kappa shape index (κ2) is 13.3. The van der Waals surface area contributed by atoms with Crippen molar-refractivity contribution in [3.8, 4) is 5.75 Å². The molecule has 2 aliphatic carbocycles. The van der Waals surface area contributed by atoms with Crippen LogP contribution in [0.5, 0.6) is 5.75 Å². The monoisotopic (exact) mass is 524 g/mol. The molecule has 0 aliphatic heterocycles. The van der Waals surface area contributed by atoms with E-state index in [1.165, 1.54) is 56.4 Å². The van der Waals surface area contributed by atoms with Gasteiger partial charge in [0.05, 0.1) is 5.56 Å². The summed E-state index contributed by atoms with van der Waals surface area (Å²) in [5.74, 6) is -2.00. The summed E-state index contributed by atoms with van der Waals surface area (Å²) in [6.07, 6.45) is 18.5. The quantitative estimate of drug-likeness (QED) is 0.185. The lowest BCUT2D eigenvalue weighted by Gasteiger charge is -2.42. The third kappa shape index (κ3) is 6.78. The Hall–Kier alpha value is -2.82. The number of hydrogen-bond acceptors (Lipinski definition) is 2. The molecule has 4 unspecified atom stereocenters. The fourth-order valence-electron chi connectivity index (χ4n) is 6.40. The molecule has 0 aromatic heterocycles. The minimum atomic E-state index is -1.23. The topological polar surface area (TPSA) is 26.3 Å². The molecule has 38 heavy (non-hydrogen) atoms. The van der Waals surface area contributed by atoms with E-state index in [0.29, 0.717) is 18.8 Å². The Morgan fingerprint density at radius 3 is 2.39 bits per heavy atom. The fraction of sp³-hybridized carbons (Fsp3) is 0.485. The number of carbonyl (C=O) groups is 1. The molecule has 204 valence electrons. The number of halogens is 3. The second-order valence-corrected chi connectivity index (χ2v) is 10.9. The van der Waals surface area contributed by atoms with Crippen LogP contribution < -0.4 is 4.74 Å². The Morgan fingerprint density at radius 2 is 1.63 bits per heavy atom. The van der Waals surface area contributed by atoms with Crippen molar-refractivity contribution in [2.24, 2.45) is 17.8 Å². The van der Waals surface area contributed by atoms with E-state index in [1.54, 1.807) is 6.07 Å². The summed E-state index contributed by atoms with van der Waals surface area (Å²) in [7, 11) is 0. The van der Waals surface area contributed by atoms with Crippen molar-refractivity contribution in [3.63, 3.8) is 0 Å². The average molecular weight is 525 g/mol. The van der Waals surface area contributed by atoms with Gasteiger partial charge in [0.15, 0.2) is 11.6 Å². The Labute approximate surface area is 225 Å². The molecular weight excluding hydrogens is 485 g/mol. The lowest BCUT2D eigenvalue weighted by atomic mass is 9.63. The van der Waals surface area contributed by atoms with Gasteiger partial charge in [-0.05, 0) is 125 Å². The molecule has 0 bridgehead atoms. The zero-order valence-electron chi connectivity index (χ0n) is 22.5. The Bertz CT molecular complexity index is 1170. The number of benzene rings is 2. The number of hydrogen-bond donors (Lipinski definition) is 0. The normalized spacial score (nSPS) is 23.6. The molecule has 0 radical (unpaired) electrons. The summed E-state index contributed by atoms with van der Waals surface area (Å²) in [6, 6.07) is 7.24. The third-order valence-electron chi connectivity index (χ3n) is 8.53. The Kier molecular flexibility index (Phi) is 9.87. The molecule has 2 aromatic carbocycles. The van der Waals surface area contributed by atoms with Crippen molar-refractivity contribution in [1.82, 2.24) is 0 Å². The molecule has 4 atom stereocenters. The number of ether oxygens (including phenoxy) is 1. The van der Waals surface area contributed by atoms with Gasteiger partial charge in [-0.2, -0.15) is 4.39 Å². The van der Waals surface area contributed by atoms with Gasteiger partial charge in [0.2, 0.25) is 5.82 Å². The van der Waals surface area contributed by atoms with Gasteiger partial charge in [0.25, 0.3) is 0 Å². The van der Waals surface area contributed by atoms with E-state index < -0.39 is 29.2 Å². The van der Waals surface area contributed by atoms with Crippen molar-refractivity contribution in [3.05, 3.63) is 88.8 Å². The summed E-state index contributed by atoms with van der Waals surface area (Å²) in [4.78, 5) is 12.6. The van der Waals surface area contributed by atoms with Gasteiger partial charge < -0.3 is 4.74 Å². The van der Waals surface area contributed by atoms with Gasteiger partial charge in [-0.25, -0.2) is 13.6 Å². The number of aryl methyl sites for hydroxylation is 1. The summed E-state index contributed by atoms with van der Waals surface area (Å²) in [5, 5.41) is 0. The SMILES string of the molecule is C/C=C/CCc1ccc(OC(=O)c2ccc(C3CCC4CC(CC/C=C/C)CCC4C3)cc2F)c(F)c1F. The van der Waals surface area contributed by atoms with Gasteiger partial charge in [0.1, 0.15) is 5.82 Å². The lowest BCUT2D eigenvalue weighted by Crippen LogP contribution is -2.30. The van der Waals surface area contributed by atoms with Gasteiger partial charge in [-0.1, -0.05) is 42.9 Å². The van der Waals surface area contributed by atoms with E-state index in [1.807, 2.05) is 19.1 Å². The van der Waals surface area contributed by atoms with Crippen LogP contribution in [0.1, 0.15) is 99.0 Å². The van der Waals surface area contributed by atoms with E-state index >= 15 is 4.39 Å². The first-order valence-corrected chi connectivity index (χ1v) is 14.1. The highest BCUT2D eigenvalue weighted by Crippen LogP contribution is 2.48. The Balaban J connectivity index is 1.37. The molecule has 0 amide bonds. The minimum absolute atomic E-state index is 0.202. The molecule has 0 spiro atoms. The van der Waals surface area contributed by atoms with Crippen LogP contribution in [0.25, 0.3) is 0 Å². The Morgan fingerprint density at radius 1 is 0.895 bits per heavy atom. The first-order chi connectivity index (χ1) is 18.4. The highest BCUT2D eigenvalue weighted by Gasteiger charge is 2.36. The zero-order valence-corrected chi connectivity index (χ0v) is 22.5. The van der Waals surface area contributed by atoms with Crippen LogP contribution >= 0.6 is 0 Å². The summed E-state index contributed by atoms with van der Waals surface area (Å²) in [6.45, 7) is 3.93. The summed E-state index contributed by atoms with van der Waals surface area (Å²) in [5.41, 5.74) is 0.823. The maximum Gasteiger partial charge on any atom is 0.346 e. The van der Waals surface area contributed by atoms with Crippen molar-refractivity contribution < 1.29 is 22.7 Å². The van der Waals surface area contributed by atoms with E-state index in [-0.39, 0.29) is 17.0 Å². The molecule has 5 heteroatoms. The largest absolute Gasteiger partial charge is 0.420 e. The van der Waals surface area contributed by atoms with Crippen LogP contribution in [0.4, 0.5) is 13.2 Å². The predicted octanol–water partition coefficient (Wildman–Crippen LogP) is 9.49. The van der Waals surface area contributed by atoms with Crippen molar-refractivity contribution >= 4 is 5.97 Å². The zero-order chi connectivity index (χ0) is 27.1. The van der Waals surface area contributed by atoms with Crippen LogP contribution in [-0.4, -0.2) is 5.97 Å². The maximum absolute atomic E-state index is 15.0. The first-order valence-electron chi connectivity index (χ1n) is 14.1. The maximum atomic E-state index is 15.0. The van der Waals surface area contributed by atoms with Gasteiger partial charge >= 0.3 is 5.97 Å². The van der Waals surface area contributed by atoms with Crippen molar-refractivity contribution in [2.75, 3.05) is 0 Å². The smallest absolute Gasteiger partial charge is 0.346 e. The minimum Gasteiger partial charge on any atom is -0.420 e. The molecule has 0 heterocycles. The van der Waals surface area contributed by atoms with Crippen molar-refractivity contribution in [2.45, 2.75) is 84.0 Å². The summed E-state index contributed by atoms with van der Waals surface area (Å²) >= 11 is 0. The molecule has 4 rings (SSSR count). The van der Waals surface area contributed by atoms with Gasteiger partial charge in [-0.15, -0.1) is 0 Å². The number of rotatable bonds is 9. The molecule has 0 saturated heterocycles. The molecule has 2 saturated carbocycles. The molecule has 0 N–H and O–H groups in total. The standard InChI is InChI=1S/C33H39F3O2/c1-3-5-7-9-22-11-12-25-20-26(14-13-24(25)19-22)27-15-17-28(29(34)21-27)33(37)38-30-18-16-23(10-8-6-4-2)31(35)32(30)36/h3-6,15-18,21-22,24-26H,7-14,19-20H2,1-2H3/b5-3+,6-4+. The van der Waals surface area contributed by atoms with Crippen molar-refractivity contribution in [1.29, 1.82) is 0 Å². The van der Waals surface area contributed by atoms with E-state index in [4.69, 9.17) is 4.74 Å². The highest BCUT2D eigenvalue weighted by molar-refractivity contribution is 5.91. The summed E-state index contributed by atoms with van der Waals surface area (Å²) < 4.78 is 49.0. The predicted molar refractivity (Wildman–Crippen MR) is 146 cm³/mol. The van der Waals surface area contributed by atoms with Crippen LogP contribution in [-0.2, 0) is 6.42 Å². The number of allylic oxidation sites excluding steroid dienone is 4. The van der Waals surface area contributed by atoms with E-state index in [0.717, 1.165) is 36.7 Å². The van der Waals surface area contributed by atoms with Crippen LogP contribution in [0.2, 0.25) is 0 Å². The number of fused-ring (bicyclic) bond motifs is 1. The molecule has 2 aromatic rings. The average Bonchev–Trinajstić information content (AvgIpc) is 2.92. The van der Waals surface area contributed by atoms with E-state index in [2.05, 4.69) is 19.1 Å². The van der Waals surface area contributed by atoms with Crippen LogP contribution in [0.3, 0.4) is 0 Å². The third-order valence-corrected chi connectivity index (χ3v) is 8.53. The van der Waals surface area contributed by atoms with Crippen LogP contribution in [0, 0.1) is 35.2 Å². The molecule has 2 aliphatic rings. The first kappa shape index (κ1) is 28.2. The lowest BCUT2D eigenvalue weighted by molar-refractivity contribution is 0.0721. The molecule has 2 fully saturated rings. The highest BCUT2D eigenvalue weighted by atomic mass is 19.2. The van der Waals surface area contributed by atoms with Gasteiger partial charge in [-0.3, -0.25) is 0 Å². The molecular formula is C33H39F3O2. The fourth-order valence-corrected chi connectivity index (χ4v) is 6.40. The number of carbonyl (C=O) groups excluding carboxylic acids is 1.